The first-order chi connectivity index (χ1) is 9.56. The molecule has 0 bridgehead atoms. The number of amides is 1. The molecule has 0 radical (unpaired) electrons. The largest absolute Gasteiger partial charge is 0.336 e. The molecule has 20 heavy (non-hydrogen) atoms. The SMILES string of the molecule is CC(C)C(=O)CN1C(=O)C2(OCCO2)c2ccccc21. The molecule has 106 valence electrons. The summed E-state index contributed by atoms with van der Waals surface area (Å²) in [6, 6.07) is 7.32. The molecule has 0 N–H and O–H groups in total. The average Bonchev–Trinajstić information content (AvgIpc) is 3.01. The number of hydrogen-bond donors (Lipinski definition) is 0. The third-order valence-corrected chi connectivity index (χ3v) is 3.73. The van der Waals surface area contributed by atoms with Crippen LogP contribution in [0, 0.1) is 5.92 Å². The van der Waals surface area contributed by atoms with Gasteiger partial charge in [-0.25, -0.2) is 0 Å². The molecule has 3 rings (SSSR count). The van der Waals surface area contributed by atoms with Crippen LogP contribution in [-0.4, -0.2) is 31.4 Å². The molecule has 2 heterocycles. The molecule has 0 unspecified atom stereocenters. The van der Waals surface area contributed by atoms with Crippen LogP contribution >= 0.6 is 0 Å². The number of carbonyl (C=O) groups excluding carboxylic acids is 2. The lowest BCUT2D eigenvalue weighted by Gasteiger charge is -2.22. The van der Waals surface area contributed by atoms with E-state index in [9.17, 15) is 9.59 Å². The quantitative estimate of drug-likeness (QED) is 0.838. The summed E-state index contributed by atoms with van der Waals surface area (Å²) in [6.07, 6.45) is 0. The molecule has 1 aromatic rings. The smallest absolute Gasteiger partial charge is 0.292 e. The highest BCUT2D eigenvalue weighted by atomic mass is 16.7. The lowest BCUT2D eigenvalue weighted by atomic mass is 10.1. The van der Waals surface area contributed by atoms with Crippen LogP contribution in [0.2, 0.25) is 0 Å². The van der Waals surface area contributed by atoms with E-state index in [1.807, 2.05) is 38.1 Å². The molecule has 5 heteroatoms. The van der Waals surface area contributed by atoms with E-state index in [1.54, 1.807) is 0 Å². The Bertz CT molecular complexity index is 561. The zero-order chi connectivity index (χ0) is 14.3. The molecule has 1 fully saturated rings. The van der Waals surface area contributed by atoms with Crippen LogP contribution in [0.4, 0.5) is 5.69 Å². The minimum Gasteiger partial charge on any atom is -0.336 e. The number of para-hydroxylation sites is 1. The first-order valence-electron chi connectivity index (χ1n) is 6.78. The first-order valence-corrected chi connectivity index (χ1v) is 6.78. The Morgan fingerprint density at radius 3 is 2.60 bits per heavy atom. The summed E-state index contributed by atoms with van der Waals surface area (Å²) in [5.74, 6) is -1.74. The number of fused-ring (bicyclic) bond motifs is 2. The topological polar surface area (TPSA) is 55.8 Å². The number of rotatable bonds is 3. The molecule has 2 aliphatic rings. The van der Waals surface area contributed by atoms with Gasteiger partial charge in [-0.15, -0.1) is 0 Å². The number of carbonyl (C=O) groups is 2. The number of ketones is 1. The van der Waals surface area contributed by atoms with E-state index in [0.29, 0.717) is 24.5 Å². The van der Waals surface area contributed by atoms with E-state index in [1.165, 1.54) is 4.90 Å². The van der Waals surface area contributed by atoms with Crippen LogP contribution in [0.15, 0.2) is 24.3 Å². The molecule has 0 atom stereocenters. The van der Waals surface area contributed by atoms with Crippen molar-refractivity contribution in [1.29, 1.82) is 0 Å². The van der Waals surface area contributed by atoms with Gasteiger partial charge in [-0.05, 0) is 6.07 Å². The highest BCUT2D eigenvalue weighted by Crippen LogP contribution is 2.45. The van der Waals surface area contributed by atoms with Crippen molar-refractivity contribution in [3.8, 4) is 0 Å². The number of benzene rings is 1. The maximum Gasteiger partial charge on any atom is 0.292 e. The van der Waals surface area contributed by atoms with Crippen LogP contribution in [-0.2, 0) is 24.8 Å². The monoisotopic (exact) mass is 275 g/mol. The third-order valence-electron chi connectivity index (χ3n) is 3.73. The van der Waals surface area contributed by atoms with Gasteiger partial charge in [0.05, 0.1) is 25.4 Å². The second-order valence-corrected chi connectivity index (χ2v) is 5.34. The molecular weight excluding hydrogens is 258 g/mol. The van der Waals surface area contributed by atoms with Gasteiger partial charge in [-0.3, -0.25) is 14.5 Å². The van der Waals surface area contributed by atoms with Crippen molar-refractivity contribution in [1.82, 2.24) is 0 Å². The Kier molecular flexibility index (Phi) is 3.11. The fraction of sp³-hybridized carbons (Fsp3) is 0.467. The van der Waals surface area contributed by atoms with Gasteiger partial charge in [0.2, 0.25) is 0 Å². The molecule has 1 aromatic carbocycles. The minimum absolute atomic E-state index is 0.0169. The summed E-state index contributed by atoms with van der Waals surface area (Å²) in [7, 11) is 0. The van der Waals surface area contributed by atoms with Crippen molar-refractivity contribution in [2.45, 2.75) is 19.6 Å². The van der Waals surface area contributed by atoms with E-state index in [0.717, 1.165) is 0 Å². The maximum atomic E-state index is 12.7. The van der Waals surface area contributed by atoms with Crippen molar-refractivity contribution in [3.63, 3.8) is 0 Å². The van der Waals surface area contributed by atoms with Gasteiger partial charge in [0.25, 0.3) is 11.7 Å². The van der Waals surface area contributed by atoms with Gasteiger partial charge in [-0.1, -0.05) is 32.0 Å². The summed E-state index contributed by atoms with van der Waals surface area (Å²) in [5.41, 5.74) is 1.40. The van der Waals surface area contributed by atoms with Crippen LogP contribution in [0.5, 0.6) is 0 Å². The van der Waals surface area contributed by atoms with E-state index < -0.39 is 5.79 Å². The second kappa shape index (κ2) is 4.68. The second-order valence-electron chi connectivity index (χ2n) is 5.34. The molecule has 2 aliphatic heterocycles. The van der Waals surface area contributed by atoms with Crippen molar-refractivity contribution in [2.24, 2.45) is 5.92 Å². The Labute approximate surface area is 117 Å². The number of nitrogens with zero attached hydrogens (tertiary/aromatic N) is 1. The maximum absolute atomic E-state index is 12.7. The Morgan fingerprint density at radius 1 is 1.30 bits per heavy atom. The van der Waals surface area contributed by atoms with Crippen LogP contribution in [0.3, 0.4) is 0 Å². The van der Waals surface area contributed by atoms with Crippen molar-refractivity contribution < 1.29 is 19.1 Å². The molecule has 1 spiro atoms. The van der Waals surface area contributed by atoms with Crippen molar-refractivity contribution in [2.75, 3.05) is 24.7 Å². The van der Waals surface area contributed by atoms with Gasteiger partial charge in [0, 0.05) is 11.5 Å². The number of anilines is 1. The third kappa shape index (κ3) is 1.77. The van der Waals surface area contributed by atoms with Crippen molar-refractivity contribution in [3.05, 3.63) is 29.8 Å². The van der Waals surface area contributed by atoms with E-state index in [-0.39, 0.29) is 24.2 Å². The molecule has 0 saturated carbocycles. The van der Waals surface area contributed by atoms with Crippen molar-refractivity contribution >= 4 is 17.4 Å². The Balaban J connectivity index is 2.01. The minimum atomic E-state index is -1.34. The van der Waals surface area contributed by atoms with E-state index in [4.69, 9.17) is 9.47 Å². The van der Waals surface area contributed by atoms with Crippen LogP contribution in [0.25, 0.3) is 0 Å². The van der Waals surface area contributed by atoms with Gasteiger partial charge < -0.3 is 9.47 Å². The zero-order valence-electron chi connectivity index (χ0n) is 11.6. The number of ether oxygens (including phenoxy) is 2. The Morgan fingerprint density at radius 2 is 1.95 bits per heavy atom. The predicted molar refractivity (Wildman–Crippen MR) is 72.2 cm³/mol. The molecule has 1 amide bonds. The summed E-state index contributed by atoms with van der Waals surface area (Å²) in [5, 5.41) is 0. The zero-order valence-corrected chi connectivity index (χ0v) is 11.6. The standard InChI is InChI=1S/C15H17NO4/c1-10(2)13(17)9-16-12-6-4-3-5-11(12)15(14(16)18)19-7-8-20-15/h3-6,10H,7-9H2,1-2H3. The molecule has 5 nitrogen and oxygen atoms in total. The van der Waals surface area contributed by atoms with Gasteiger partial charge in [0.1, 0.15) is 0 Å². The van der Waals surface area contributed by atoms with E-state index >= 15 is 0 Å². The van der Waals surface area contributed by atoms with Gasteiger partial charge in [-0.2, -0.15) is 0 Å². The molecule has 0 aromatic heterocycles. The predicted octanol–water partition coefficient (Wildman–Crippen LogP) is 1.46. The summed E-state index contributed by atoms with van der Waals surface area (Å²) >= 11 is 0. The molecular formula is C15H17NO4. The fourth-order valence-electron chi connectivity index (χ4n) is 2.58. The van der Waals surface area contributed by atoms with Gasteiger partial charge in [0.15, 0.2) is 5.78 Å². The number of hydrogen-bond acceptors (Lipinski definition) is 4. The summed E-state index contributed by atoms with van der Waals surface area (Å²) in [6.45, 7) is 4.47. The normalized spacial score (nSPS) is 19.9. The Hall–Kier alpha value is -1.72. The van der Waals surface area contributed by atoms with E-state index in [2.05, 4.69) is 0 Å². The lowest BCUT2D eigenvalue weighted by Crippen LogP contribution is -2.43. The molecule has 1 saturated heterocycles. The summed E-state index contributed by atoms with van der Waals surface area (Å²) in [4.78, 5) is 26.1. The summed E-state index contributed by atoms with van der Waals surface area (Å²) < 4.78 is 11.2. The lowest BCUT2D eigenvalue weighted by molar-refractivity contribution is -0.180. The fourth-order valence-corrected chi connectivity index (χ4v) is 2.58. The average molecular weight is 275 g/mol. The first kappa shape index (κ1) is 13.3. The van der Waals surface area contributed by atoms with Gasteiger partial charge >= 0.3 is 0 Å². The molecule has 0 aliphatic carbocycles. The van der Waals surface area contributed by atoms with Crippen LogP contribution < -0.4 is 4.90 Å². The highest BCUT2D eigenvalue weighted by molar-refractivity contribution is 6.09. The highest BCUT2D eigenvalue weighted by Gasteiger charge is 2.56. The van der Waals surface area contributed by atoms with Crippen LogP contribution in [0.1, 0.15) is 19.4 Å². The number of Topliss-reactive ketones (excluding diaryl/α,β-unsaturated/α-hetero) is 1.